The molecule has 0 fully saturated rings. The Morgan fingerprint density at radius 2 is 2.29 bits per heavy atom. The number of aromatic nitrogens is 1. The molecular formula is C15H18N2O3S. The fourth-order valence-corrected chi connectivity index (χ4v) is 3.04. The summed E-state index contributed by atoms with van der Waals surface area (Å²) in [6.45, 7) is 5.09. The number of ether oxygens (including phenoxy) is 3. The van der Waals surface area contributed by atoms with Crippen LogP contribution in [0.15, 0.2) is 17.5 Å². The van der Waals surface area contributed by atoms with Gasteiger partial charge in [-0.1, -0.05) is 0 Å². The standard InChI is InChI=1S/C15H18N2O3S/c1-9-7-21-15(17-9)10(2)16-6-11-4-12(18-3)14-13(5-11)19-8-20-14/h4-5,7,10,16H,6,8H2,1-3H3. The van der Waals surface area contributed by atoms with E-state index in [1.165, 1.54) is 0 Å². The first-order valence-corrected chi connectivity index (χ1v) is 7.67. The minimum atomic E-state index is 0.208. The largest absolute Gasteiger partial charge is 0.493 e. The van der Waals surface area contributed by atoms with E-state index >= 15 is 0 Å². The van der Waals surface area contributed by atoms with Gasteiger partial charge in [-0.05, 0) is 31.5 Å². The van der Waals surface area contributed by atoms with Gasteiger partial charge in [0.25, 0.3) is 0 Å². The van der Waals surface area contributed by atoms with Gasteiger partial charge in [-0.25, -0.2) is 4.98 Å². The number of hydrogen-bond donors (Lipinski definition) is 1. The van der Waals surface area contributed by atoms with Crippen molar-refractivity contribution in [3.8, 4) is 17.2 Å². The lowest BCUT2D eigenvalue weighted by molar-refractivity contribution is 0.171. The fraction of sp³-hybridized carbons (Fsp3) is 0.400. The van der Waals surface area contributed by atoms with Crippen molar-refractivity contribution in [2.24, 2.45) is 0 Å². The van der Waals surface area contributed by atoms with Crippen molar-refractivity contribution in [1.29, 1.82) is 0 Å². The highest BCUT2D eigenvalue weighted by atomic mass is 32.1. The summed E-state index contributed by atoms with van der Waals surface area (Å²) in [5.74, 6) is 2.13. The first-order valence-electron chi connectivity index (χ1n) is 6.79. The predicted molar refractivity (Wildman–Crippen MR) is 81.2 cm³/mol. The average molecular weight is 306 g/mol. The number of nitrogens with one attached hydrogen (secondary N) is 1. The Kier molecular flexibility index (Phi) is 3.98. The number of aryl methyl sites for hydroxylation is 1. The van der Waals surface area contributed by atoms with Crippen LogP contribution in [-0.2, 0) is 6.54 Å². The number of nitrogens with zero attached hydrogens (tertiary/aromatic N) is 1. The first-order chi connectivity index (χ1) is 10.2. The molecule has 1 aliphatic rings. The van der Waals surface area contributed by atoms with E-state index in [9.17, 15) is 0 Å². The average Bonchev–Trinajstić information content (AvgIpc) is 3.12. The molecule has 0 aliphatic carbocycles. The Bertz CT molecular complexity index is 642. The van der Waals surface area contributed by atoms with Gasteiger partial charge < -0.3 is 19.5 Å². The third kappa shape index (κ3) is 2.96. The van der Waals surface area contributed by atoms with Crippen LogP contribution in [0.2, 0.25) is 0 Å². The monoisotopic (exact) mass is 306 g/mol. The van der Waals surface area contributed by atoms with Gasteiger partial charge in [0.05, 0.1) is 13.2 Å². The normalized spacial score (nSPS) is 14.2. The van der Waals surface area contributed by atoms with Crippen LogP contribution in [0.3, 0.4) is 0 Å². The minimum absolute atomic E-state index is 0.208. The topological polar surface area (TPSA) is 52.6 Å². The summed E-state index contributed by atoms with van der Waals surface area (Å²) in [5, 5.41) is 6.63. The third-order valence-corrected chi connectivity index (χ3v) is 4.48. The highest BCUT2D eigenvalue weighted by Crippen LogP contribution is 2.41. The molecular weight excluding hydrogens is 288 g/mol. The molecule has 0 amide bonds. The lowest BCUT2D eigenvalue weighted by Gasteiger charge is -2.13. The Hall–Kier alpha value is -1.79. The first kappa shape index (κ1) is 14.2. The Labute approximate surface area is 127 Å². The Balaban J connectivity index is 1.71. The van der Waals surface area contributed by atoms with Gasteiger partial charge in [-0.2, -0.15) is 0 Å². The van der Waals surface area contributed by atoms with Crippen molar-refractivity contribution in [2.45, 2.75) is 26.4 Å². The molecule has 0 saturated heterocycles. The quantitative estimate of drug-likeness (QED) is 0.920. The molecule has 112 valence electrons. The second kappa shape index (κ2) is 5.91. The smallest absolute Gasteiger partial charge is 0.231 e. The number of fused-ring (bicyclic) bond motifs is 1. The fourth-order valence-electron chi connectivity index (χ4n) is 2.22. The molecule has 0 bridgehead atoms. The Morgan fingerprint density at radius 1 is 1.43 bits per heavy atom. The van der Waals surface area contributed by atoms with Gasteiger partial charge in [0, 0.05) is 17.6 Å². The third-order valence-electron chi connectivity index (χ3n) is 3.34. The van der Waals surface area contributed by atoms with E-state index < -0.39 is 0 Å². The molecule has 1 atom stereocenters. The number of methoxy groups -OCH3 is 1. The summed E-state index contributed by atoms with van der Waals surface area (Å²) in [4.78, 5) is 4.50. The molecule has 1 aromatic heterocycles. The molecule has 1 N–H and O–H groups in total. The van der Waals surface area contributed by atoms with Crippen LogP contribution >= 0.6 is 11.3 Å². The maximum atomic E-state index is 5.44. The number of thiazole rings is 1. The van der Waals surface area contributed by atoms with Gasteiger partial charge in [0.15, 0.2) is 11.5 Å². The van der Waals surface area contributed by atoms with Gasteiger partial charge in [-0.15, -0.1) is 11.3 Å². The summed E-state index contributed by atoms with van der Waals surface area (Å²) in [6.07, 6.45) is 0. The molecule has 2 heterocycles. The summed E-state index contributed by atoms with van der Waals surface area (Å²) < 4.78 is 16.2. The minimum Gasteiger partial charge on any atom is -0.493 e. The van der Waals surface area contributed by atoms with E-state index in [1.807, 2.05) is 19.1 Å². The lowest BCUT2D eigenvalue weighted by Crippen LogP contribution is -2.18. The van der Waals surface area contributed by atoms with Crippen molar-refractivity contribution >= 4 is 11.3 Å². The lowest BCUT2D eigenvalue weighted by atomic mass is 10.1. The number of hydrogen-bond acceptors (Lipinski definition) is 6. The van der Waals surface area contributed by atoms with Crippen LogP contribution in [0, 0.1) is 6.92 Å². The second-order valence-corrected chi connectivity index (χ2v) is 5.85. The maximum Gasteiger partial charge on any atom is 0.231 e. The molecule has 1 aliphatic heterocycles. The van der Waals surface area contributed by atoms with Crippen molar-refractivity contribution in [3.63, 3.8) is 0 Å². The zero-order chi connectivity index (χ0) is 14.8. The SMILES string of the molecule is COc1cc(CNC(C)c2nc(C)cs2)cc2c1OCO2. The highest BCUT2D eigenvalue weighted by molar-refractivity contribution is 7.09. The van der Waals surface area contributed by atoms with Crippen molar-refractivity contribution in [2.75, 3.05) is 13.9 Å². The van der Waals surface area contributed by atoms with Crippen LogP contribution in [0.1, 0.15) is 29.2 Å². The molecule has 0 saturated carbocycles. The van der Waals surface area contributed by atoms with Gasteiger partial charge >= 0.3 is 0 Å². The molecule has 1 unspecified atom stereocenters. The van der Waals surface area contributed by atoms with E-state index in [-0.39, 0.29) is 12.8 Å². The van der Waals surface area contributed by atoms with Crippen molar-refractivity contribution in [1.82, 2.24) is 10.3 Å². The van der Waals surface area contributed by atoms with E-state index in [0.29, 0.717) is 18.0 Å². The molecule has 2 aromatic rings. The molecule has 21 heavy (non-hydrogen) atoms. The second-order valence-electron chi connectivity index (χ2n) is 4.96. The highest BCUT2D eigenvalue weighted by Gasteiger charge is 2.20. The van der Waals surface area contributed by atoms with Gasteiger partial charge in [-0.3, -0.25) is 0 Å². The molecule has 6 heteroatoms. The van der Waals surface area contributed by atoms with Crippen LogP contribution in [0.25, 0.3) is 0 Å². The summed E-state index contributed by atoms with van der Waals surface area (Å²) >= 11 is 1.68. The predicted octanol–water partition coefficient (Wildman–Crippen LogP) is 3.04. The van der Waals surface area contributed by atoms with Gasteiger partial charge in [0.1, 0.15) is 5.01 Å². The Morgan fingerprint density at radius 3 is 3.00 bits per heavy atom. The molecule has 5 nitrogen and oxygen atoms in total. The zero-order valence-corrected chi connectivity index (χ0v) is 13.1. The van der Waals surface area contributed by atoms with Gasteiger partial charge in [0.2, 0.25) is 12.5 Å². The molecule has 1 aromatic carbocycles. The molecule has 0 spiro atoms. The van der Waals surface area contributed by atoms with E-state index in [2.05, 4.69) is 22.6 Å². The summed E-state index contributed by atoms with van der Waals surface area (Å²) in [6, 6.07) is 4.16. The van der Waals surface area contributed by atoms with Crippen LogP contribution in [0.5, 0.6) is 17.2 Å². The van der Waals surface area contributed by atoms with Crippen molar-refractivity contribution < 1.29 is 14.2 Å². The number of benzene rings is 1. The summed E-state index contributed by atoms with van der Waals surface area (Å²) in [7, 11) is 1.63. The molecule has 3 rings (SSSR count). The number of rotatable bonds is 5. The van der Waals surface area contributed by atoms with Crippen LogP contribution < -0.4 is 19.5 Å². The summed E-state index contributed by atoms with van der Waals surface area (Å²) in [5.41, 5.74) is 2.16. The maximum absolute atomic E-state index is 5.44. The van der Waals surface area contributed by atoms with Crippen LogP contribution in [-0.4, -0.2) is 18.9 Å². The van der Waals surface area contributed by atoms with Crippen molar-refractivity contribution in [3.05, 3.63) is 33.8 Å². The molecule has 0 radical (unpaired) electrons. The van der Waals surface area contributed by atoms with E-state index in [1.54, 1.807) is 18.4 Å². The van der Waals surface area contributed by atoms with E-state index in [4.69, 9.17) is 14.2 Å². The van der Waals surface area contributed by atoms with E-state index in [0.717, 1.165) is 22.0 Å². The zero-order valence-electron chi connectivity index (χ0n) is 12.3. The van der Waals surface area contributed by atoms with Crippen LogP contribution in [0.4, 0.5) is 0 Å².